The summed E-state index contributed by atoms with van der Waals surface area (Å²) in [6, 6.07) is 16.3. The van der Waals surface area contributed by atoms with Crippen LogP contribution in [0.3, 0.4) is 0 Å². The van der Waals surface area contributed by atoms with Crippen LogP contribution in [0.5, 0.6) is 5.75 Å². The van der Waals surface area contributed by atoms with Gasteiger partial charge in [-0.3, -0.25) is 9.69 Å². The fourth-order valence-corrected chi connectivity index (χ4v) is 5.50. The van der Waals surface area contributed by atoms with Crippen LogP contribution < -0.4 is 10.1 Å². The van der Waals surface area contributed by atoms with Crippen LogP contribution in [0, 0.1) is 0 Å². The van der Waals surface area contributed by atoms with Gasteiger partial charge in [0.15, 0.2) is 0 Å². The minimum absolute atomic E-state index is 0.0557. The number of benzene rings is 2. The minimum atomic E-state index is -0.0557. The largest absolute Gasteiger partial charge is 0.492 e. The molecule has 2 aliphatic heterocycles. The van der Waals surface area contributed by atoms with E-state index in [1.807, 2.05) is 48.5 Å². The van der Waals surface area contributed by atoms with E-state index in [2.05, 4.69) is 17.3 Å². The Bertz CT molecular complexity index is 913. The molecule has 0 radical (unpaired) electrons. The maximum Gasteiger partial charge on any atom is 0.252 e. The molecular weight excluding hydrogens is 448 g/mol. The number of hydrogen-bond donors (Lipinski definition) is 1. The lowest BCUT2D eigenvalue weighted by Gasteiger charge is -2.31. The molecule has 2 aromatic rings. The lowest BCUT2D eigenvalue weighted by molar-refractivity contribution is 0.0392. The molecule has 1 N–H and O–H groups in total. The van der Waals surface area contributed by atoms with Crippen molar-refractivity contribution in [3.05, 3.63) is 59.7 Å². The van der Waals surface area contributed by atoms with E-state index in [0.29, 0.717) is 30.9 Å². The van der Waals surface area contributed by atoms with Gasteiger partial charge in [-0.05, 0) is 62.6 Å². The van der Waals surface area contributed by atoms with Crippen LogP contribution in [-0.2, 0) is 16.0 Å². The van der Waals surface area contributed by atoms with Crippen molar-refractivity contribution in [1.82, 2.24) is 10.2 Å². The van der Waals surface area contributed by atoms with E-state index < -0.39 is 0 Å². The maximum absolute atomic E-state index is 12.9. The Morgan fingerprint density at radius 3 is 2.79 bits per heavy atom. The first-order valence-electron chi connectivity index (χ1n) is 12.3. The number of hydrogen-bond acceptors (Lipinski definition) is 6. The zero-order valence-electron chi connectivity index (χ0n) is 20.0. The lowest BCUT2D eigenvalue weighted by Crippen LogP contribution is -2.38. The molecule has 2 heterocycles. The standard InChI is InChI=1S/C27H36N2O4S/c1-29(22-11-15-31-16-12-22)13-17-33-23-7-4-6-21(18-23)19-28-27(30)25-9-2-3-10-26(25)34-20-24-8-5-14-32-24/h2-4,6-7,9-10,18,22,24H,5,8,11-17,19-20H2,1H3,(H,28,30). The number of nitrogens with one attached hydrogen (secondary N) is 1. The van der Waals surface area contributed by atoms with E-state index in [1.54, 1.807) is 11.8 Å². The Morgan fingerprint density at radius 2 is 1.97 bits per heavy atom. The average Bonchev–Trinajstić information content (AvgIpc) is 3.41. The number of carbonyl (C=O) groups is 1. The number of rotatable bonds is 11. The number of carbonyl (C=O) groups excluding carboxylic acids is 1. The zero-order valence-corrected chi connectivity index (χ0v) is 20.9. The molecular formula is C27H36N2O4S. The van der Waals surface area contributed by atoms with Crippen molar-refractivity contribution in [3.63, 3.8) is 0 Å². The highest BCUT2D eigenvalue weighted by molar-refractivity contribution is 7.99. The topological polar surface area (TPSA) is 60.0 Å². The van der Waals surface area contributed by atoms with Crippen LogP contribution in [-0.4, -0.2) is 68.7 Å². The van der Waals surface area contributed by atoms with Crippen LogP contribution >= 0.6 is 11.8 Å². The molecule has 0 aromatic heterocycles. The molecule has 2 aromatic carbocycles. The second-order valence-corrected chi connectivity index (χ2v) is 10.0. The van der Waals surface area contributed by atoms with Crippen molar-refractivity contribution in [2.45, 2.75) is 49.3 Å². The molecule has 2 fully saturated rings. The third kappa shape index (κ3) is 7.47. The molecule has 0 bridgehead atoms. The Kier molecular flexibility index (Phi) is 9.68. The van der Waals surface area contributed by atoms with Crippen LogP contribution in [0.1, 0.15) is 41.6 Å². The number of amides is 1. The number of thioether (sulfide) groups is 1. The Balaban J connectivity index is 1.24. The summed E-state index contributed by atoms with van der Waals surface area (Å²) in [7, 11) is 2.15. The van der Waals surface area contributed by atoms with Gasteiger partial charge in [-0.15, -0.1) is 11.8 Å². The summed E-state index contributed by atoms with van der Waals surface area (Å²) in [4.78, 5) is 16.3. The van der Waals surface area contributed by atoms with Crippen LogP contribution in [0.2, 0.25) is 0 Å². The summed E-state index contributed by atoms with van der Waals surface area (Å²) < 4.78 is 17.2. The van der Waals surface area contributed by atoms with Crippen molar-refractivity contribution in [2.75, 3.05) is 45.8 Å². The molecule has 2 saturated heterocycles. The SMILES string of the molecule is CN(CCOc1cccc(CNC(=O)c2ccccc2SCC2CCCO2)c1)C1CCOCC1. The molecule has 2 aliphatic rings. The Labute approximate surface area is 207 Å². The van der Waals surface area contributed by atoms with Crippen LogP contribution in [0.25, 0.3) is 0 Å². The molecule has 34 heavy (non-hydrogen) atoms. The van der Waals surface area contributed by atoms with Gasteiger partial charge in [0, 0.05) is 49.6 Å². The summed E-state index contributed by atoms with van der Waals surface area (Å²) in [5, 5.41) is 3.07. The van der Waals surface area contributed by atoms with Gasteiger partial charge in [0.1, 0.15) is 12.4 Å². The fraction of sp³-hybridized carbons (Fsp3) is 0.519. The summed E-state index contributed by atoms with van der Waals surface area (Å²) >= 11 is 1.70. The molecule has 1 unspecified atom stereocenters. The molecule has 6 nitrogen and oxygen atoms in total. The van der Waals surface area contributed by atoms with Gasteiger partial charge in [-0.2, -0.15) is 0 Å². The number of ether oxygens (including phenoxy) is 3. The second kappa shape index (κ2) is 13.1. The first-order valence-corrected chi connectivity index (χ1v) is 13.3. The summed E-state index contributed by atoms with van der Waals surface area (Å²) in [5.41, 5.74) is 1.74. The van der Waals surface area contributed by atoms with E-state index in [-0.39, 0.29) is 5.91 Å². The van der Waals surface area contributed by atoms with E-state index in [0.717, 1.165) is 74.0 Å². The molecule has 0 aliphatic carbocycles. The highest BCUT2D eigenvalue weighted by Crippen LogP contribution is 2.27. The van der Waals surface area contributed by atoms with Crippen LogP contribution in [0.4, 0.5) is 0 Å². The van der Waals surface area contributed by atoms with Crippen molar-refractivity contribution in [1.29, 1.82) is 0 Å². The molecule has 184 valence electrons. The van der Waals surface area contributed by atoms with Gasteiger partial charge < -0.3 is 19.5 Å². The van der Waals surface area contributed by atoms with E-state index >= 15 is 0 Å². The quantitative estimate of drug-likeness (QED) is 0.478. The van der Waals surface area contributed by atoms with Crippen molar-refractivity contribution in [3.8, 4) is 5.75 Å². The predicted molar refractivity (Wildman–Crippen MR) is 136 cm³/mol. The molecule has 0 spiro atoms. The van der Waals surface area contributed by atoms with Gasteiger partial charge in [-0.25, -0.2) is 0 Å². The first kappa shape index (κ1) is 25.0. The third-order valence-electron chi connectivity index (χ3n) is 6.46. The average molecular weight is 485 g/mol. The first-order chi connectivity index (χ1) is 16.7. The van der Waals surface area contributed by atoms with Crippen molar-refractivity contribution >= 4 is 17.7 Å². The highest BCUT2D eigenvalue weighted by Gasteiger charge is 2.19. The third-order valence-corrected chi connectivity index (χ3v) is 7.66. The summed E-state index contributed by atoms with van der Waals surface area (Å²) in [5.74, 6) is 1.66. The molecule has 1 atom stereocenters. The van der Waals surface area contributed by atoms with Gasteiger partial charge in [-0.1, -0.05) is 24.3 Å². The van der Waals surface area contributed by atoms with Gasteiger partial charge in [0.05, 0.1) is 11.7 Å². The smallest absolute Gasteiger partial charge is 0.252 e. The minimum Gasteiger partial charge on any atom is -0.492 e. The molecule has 7 heteroatoms. The zero-order chi connectivity index (χ0) is 23.6. The van der Waals surface area contributed by atoms with Gasteiger partial charge >= 0.3 is 0 Å². The van der Waals surface area contributed by atoms with Crippen LogP contribution in [0.15, 0.2) is 53.4 Å². The number of nitrogens with zero attached hydrogens (tertiary/aromatic N) is 1. The van der Waals surface area contributed by atoms with E-state index in [9.17, 15) is 4.79 Å². The Morgan fingerprint density at radius 1 is 1.12 bits per heavy atom. The molecule has 1 amide bonds. The number of likely N-dealkylation sites (N-methyl/N-ethyl adjacent to an activating group) is 1. The molecule has 0 saturated carbocycles. The predicted octanol–water partition coefficient (Wildman–Crippen LogP) is 4.38. The molecule has 4 rings (SSSR count). The monoisotopic (exact) mass is 484 g/mol. The maximum atomic E-state index is 12.9. The van der Waals surface area contributed by atoms with Gasteiger partial charge in [0.2, 0.25) is 0 Å². The second-order valence-electron chi connectivity index (χ2n) is 8.94. The van der Waals surface area contributed by atoms with E-state index in [1.165, 1.54) is 0 Å². The summed E-state index contributed by atoms with van der Waals surface area (Å²) in [6.45, 7) is 4.53. The fourth-order valence-electron chi connectivity index (χ4n) is 4.38. The lowest BCUT2D eigenvalue weighted by atomic mass is 10.1. The van der Waals surface area contributed by atoms with Gasteiger partial charge in [0.25, 0.3) is 5.91 Å². The van der Waals surface area contributed by atoms with E-state index in [4.69, 9.17) is 14.2 Å². The summed E-state index contributed by atoms with van der Waals surface area (Å²) in [6.07, 6.45) is 4.69. The van der Waals surface area contributed by atoms with Crippen molar-refractivity contribution in [2.24, 2.45) is 0 Å². The normalized spacial score (nSPS) is 18.8. The van der Waals surface area contributed by atoms with Crippen molar-refractivity contribution < 1.29 is 19.0 Å². The highest BCUT2D eigenvalue weighted by atomic mass is 32.2. The Hall–Kier alpha value is -2.06.